The molecule has 148 valence electrons. The van der Waals surface area contributed by atoms with E-state index in [-0.39, 0.29) is 23.8 Å². The fourth-order valence-electron chi connectivity index (χ4n) is 3.12. The minimum Gasteiger partial charge on any atom is -0.507 e. The van der Waals surface area contributed by atoms with Crippen molar-refractivity contribution in [1.82, 2.24) is 4.90 Å². The highest BCUT2D eigenvalue weighted by Gasteiger charge is 2.23. The van der Waals surface area contributed by atoms with Crippen LogP contribution in [0.25, 0.3) is 0 Å². The van der Waals surface area contributed by atoms with Crippen LogP contribution in [-0.4, -0.2) is 61.8 Å². The summed E-state index contributed by atoms with van der Waals surface area (Å²) in [6, 6.07) is 12.5. The van der Waals surface area contributed by atoms with Gasteiger partial charge in [0.05, 0.1) is 7.11 Å². The minimum absolute atomic E-state index is 0.0581. The van der Waals surface area contributed by atoms with Crippen LogP contribution in [-0.2, 0) is 9.53 Å². The number of nitrogens with zero attached hydrogens (tertiary/aromatic N) is 2. The van der Waals surface area contributed by atoms with Gasteiger partial charge >= 0.3 is 5.97 Å². The van der Waals surface area contributed by atoms with Crippen molar-refractivity contribution >= 4 is 17.6 Å². The Morgan fingerprint density at radius 1 is 1.04 bits per heavy atom. The van der Waals surface area contributed by atoms with E-state index in [0.717, 1.165) is 17.0 Å². The molecule has 1 aliphatic rings. The Hall–Kier alpha value is -3.22. The number of phenols is 1. The first-order valence-electron chi connectivity index (χ1n) is 9.11. The standard InChI is InChI=1S/C21H24N2O5/c1-15-3-8-18(19(24)13-15)21(26)28-14-20(25)23-11-9-22(10-12-23)16-4-6-17(27-2)7-5-16/h3-8,13,24H,9-12,14H2,1-2H3. The molecule has 1 saturated heterocycles. The Morgan fingerprint density at radius 2 is 1.71 bits per heavy atom. The molecule has 7 nitrogen and oxygen atoms in total. The molecule has 1 amide bonds. The Balaban J connectivity index is 1.49. The summed E-state index contributed by atoms with van der Waals surface area (Å²) < 4.78 is 10.3. The number of aromatic hydroxyl groups is 1. The molecule has 1 heterocycles. The number of aryl methyl sites for hydroxylation is 1. The maximum absolute atomic E-state index is 12.4. The normalized spacial score (nSPS) is 13.9. The molecule has 0 spiro atoms. The number of hydrogen-bond donors (Lipinski definition) is 1. The number of piperazine rings is 1. The first kappa shape index (κ1) is 19.5. The predicted octanol–water partition coefficient (Wildman–Crippen LogP) is 2.21. The molecule has 0 unspecified atom stereocenters. The average molecular weight is 384 g/mol. The van der Waals surface area contributed by atoms with Gasteiger partial charge in [-0.1, -0.05) is 6.07 Å². The number of hydrogen-bond acceptors (Lipinski definition) is 6. The molecule has 0 aliphatic carbocycles. The smallest absolute Gasteiger partial charge is 0.342 e. The Kier molecular flexibility index (Phi) is 6.03. The zero-order valence-corrected chi connectivity index (χ0v) is 16.1. The van der Waals surface area contributed by atoms with Crippen LogP contribution in [0, 0.1) is 6.92 Å². The van der Waals surface area contributed by atoms with Crippen LogP contribution in [0.3, 0.4) is 0 Å². The topological polar surface area (TPSA) is 79.3 Å². The van der Waals surface area contributed by atoms with Gasteiger partial charge in [0.1, 0.15) is 17.1 Å². The van der Waals surface area contributed by atoms with Crippen LogP contribution in [0.2, 0.25) is 0 Å². The first-order valence-corrected chi connectivity index (χ1v) is 9.11. The first-order chi connectivity index (χ1) is 13.5. The monoisotopic (exact) mass is 384 g/mol. The predicted molar refractivity (Wildman–Crippen MR) is 105 cm³/mol. The summed E-state index contributed by atoms with van der Waals surface area (Å²) in [5.41, 5.74) is 1.97. The van der Waals surface area contributed by atoms with E-state index in [2.05, 4.69) is 4.90 Å². The van der Waals surface area contributed by atoms with Gasteiger partial charge in [-0.25, -0.2) is 4.79 Å². The van der Waals surface area contributed by atoms with Crippen LogP contribution in [0.1, 0.15) is 15.9 Å². The minimum atomic E-state index is -0.706. The molecule has 1 aliphatic heterocycles. The second kappa shape index (κ2) is 8.65. The summed E-state index contributed by atoms with van der Waals surface area (Å²) in [5, 5.41) is 9.84. The number of methoxy groups -OCH3 is 1. The van der Waals surface area contributed by atoms with Gasteiger partial charge in [0.25, 0.3) is 5.91 Å². The molecule has 28 heavy (non-hydrogen) atoms. The van der Waals surface area contributed by atoms with E-state index in [1.807, 2.05) is 31.2 Å². The van der Waals surface area contributed by atoms with Crippen LogP contribution >= 0.6 is 0 Å². The highest BCUT2D eigenvalue weighted by atomic mass is 16.5. The van der Waals surface area contributed by atoms with Gasteiger partial charge in [0.15, 0.2) is 6.61 Å². The van der Waals surface area contributed by atoms with Crippen molar-refractivity contribution < 1.29 is 24.2 Å². The van der Waals surface area contributed by atoms with E-state index in [1.165, 1.54) is 12.1 Å². The summed E-state index contributed by atoms with van der Waals surface area (Å²) in [5.74, 6) is -0.290. The van der Waals surface area contributed by atoms with Crippen molar-refractivity contribution in [3.05, 3.63) is 53.6 Å². The summed E-state index contributed by atoms with van der Waals surface area (Å²) in [4.78, 5) is 28.3. The molecule has 0 saturated carbocycles. The van der Waals surface area contributed by atoms with Gasteiger partial charge in [-0.3, -0.25) is 4.79 Å². The molecule has 3 rings (SSSR count). The molecule has 2 aromatic rings. The molecule has 2 aromatic carbocycles. The maximum atomic E-state index is 12.4. The molecule has 1 fully saturated rings. The number of ether oxygens (including phenoxy) is 2. The lowest BCUT2D eigenvalue weighted by Crippen LogP contribution is -2.49. The lowest BCUT2D eigenvalue weighted by molar-refractivity contribution is -0.134. The second-order valence-corrected chi connectivity index (χ2v) is 6.66. The summed E-state index contributed by atoms with van der Waals surface area (Å²) in [6.07, 6.45) is 0. The van der Waals surface area contributed by atoms with Crippen molar-refractivity contribution in [3.63, 3.8) is 0 Å². The van der Waals surface area contributed by atoms with Crippen molar-refractivity contribution in [2.24, 2.45) is 0 Å². The molecule has 0 bridgehead atoms. The molecule has 0 aromatic heterocycles. The third-order valence-corrected chi connectivity index (χ3v) is 4.77. The van der Waals surface area contributed by atoms with Gasteiger partial charge in [-0.2, -0.15) is 0 Å². The fourth-order valence-corrected chi connectivity index (χ4v) is 3.12. The lowest BCUT2D eigenvalue weighted by atomic mass is 10.1. The van der Waals surface area contributed by atoms with E-state index < -0.39 is 5.97 Å². The molecule has 0 atom stereocenters. The fraction of sp³-hybridized carbons (Fsp3) is 0.333. The van der Waals surface area contributed by atoms with Crippen LogP contribution in [0.5, 0.6) is 11.5 Å². The van der Waals surface area contributed by atoms with E-state index in [0.29, 0.717) is 26.2 Å². The zero-order chi connectivity index (χ0) is 20.1. The third kappa shape index (κ3) is 4.54. The summed E-state index contributed by atoms with van der Waals surface area (Å²) >= 11 is 0. The molecular weight excluding hydrogens is 360 g/mol. The van der Waals surface area contributed by atoms with E-state index >= 15 is 0 Å². The van der Waals surface area contributed by atoms with Crippen molar-refractivity contribution in [2.75, 3.05) is 44.8 Å². The summed E-state index contributed by atoms with van der Waals surface area (Å²) in [6.45, 7) is 3.98. The van der Waals surface area contributed by atoms with Gasteiger partial charge in [-0.15, -0.1) is 0 Å². The molecule has 7 heteroatoms. The van der Waals surface area contributed by atoms with Gasteiger partial charge in [0.2, 0.25) is 0 Å². The SMILES string of the molecule is COc1ccc(N2CCN(C(=O)COC(=O)c3ccc(C)cc3O)CC2)cc1. The van der Waals surface area contributed by atoms with Crippen molar-refractivity contribution in [3.8, 4) is 11.5 Å². The maximum Gasteiger partial charge on any atom is 0.342 e. The number of amides is 1. The second-order valence-electron chi connectivity index (χ2n) is 6.66. The number of anilines is 1. The van der Waals surface area contributed by atoms with Crippen LogP contribution in [0.15, 0.2) is 42.5 Å². The van der Waals surface area contributed by atoms with Gasteiger partial charge < -0.3 is 24.4 Å². The molecule has 0 radical (unpaired) electrons. The zero-order valence-electron chi connectivity index (χ0n) is 16.1. The third-order valence-electron chi connectivity index (χ3n) is 4.77. The number of benzene rings is 2. The Labute approximate surface area is 164 Å². The number of carbonyl (C=O) groups is 2. The summed E-state index contributed by atoms with van der Waals surface area (Å²) in [7, 11) is 1.63. The van der Waals surface area contributed by atoms with Gasteiger partial charge in [-0.05, 0) is 48.9 Å². The number of esters is 1. The van der Waals surface area contributed by atoms with E-state index in [9.17, 15) is 14.7 Å². The number of rotatable bonds is 5. The highest BCUT2D eigenvalue weighted by Crippen LogP contribution is 2.21. The van der Waals surface area contributed by atoms with Crippen molar-refractivity contribution in [1.29, 1.82) is 0 Å². The van der Waals surface area contributed by atoms with Crippen molar-refractivity contribution in [2.45, 2.75) is 6.92 Å². The highest BCUT2D eigenvalue weighted by molar-refractivity contribution is 5.94. The lowest BCUT2D eigenvalue weighted by Gasteiger charge is -2.36. The van der Waals surface area contributed by atoms with E-state index in [1.54, 1.807) is 18.1 Å². The van der Waals surface area contributed by atoms with Crippen LogP contribution in [0.4, 0.5) is 5.69 Å². The average Bonchev–Trinajstić information content (AvgIpc) is 2.72. The largest absolute Gasteiger partial charge is 0.507 e. The van der Waals surface area contributed by atoms with E-state index in [4.69, 9.17) is 9.47 Å². The molecule has 1 N–H and O–H groups in total. The number of phenolic OH excluding ortho intramolecular Hbond substituents is 1. The van der Waals surface area contributed by atoms with Crippen LogP contribution < -0.4 is 9.64 Å². The quantitative estimate of drug-likeness (QED) is 0.797. The Morgan fingerprint density at radius 3 is 2.32 bits per heavy atom. The van der Waals surface area contributed by atoms with Gasteiger partial charge in [0, 0.05) is 31.9 Å². The molecular formula is C21H24N2O5. The number of carbonyl (C=O) groups excluding carboxylic acids is 2. The Bertz CT molecular complexity index is 842.